The Morgan fingerprint density at radius 2 is 1.34 bits per heavy atom. The Labute approximate surface area is 287 Å². The number of likely N-dealkylation sites (tertiary alicyclic amines) is 2. The van der Waals surface area contributed by atoms with Crippen LogP contribution in [0.5, 0.6) is 0 Å². The van der Waals surface area contributed by atoms with E-state index in [1.54, 1.807) is 59.0 Å². The van der Waals surface area contributed by atoms with Crippen molar-refractivity contribution in [3.8, 4) is 22.8 Å². The lowest BCUT2D eigenvalue weighted by Gasteiger charge is -2.24. The minimum atomic E-state index is -0.522. The summed E-state index contributed by atoms with van der Waals surface area (Å²) in [7, 11) is 0. The zero-order valence-corrected chi connectivity index (χ0v) is 27.3. The molecule has 3 aromatic heterocycles. The minimum Gasteiger partial charge on any atom is -0.436 e. The number of rotatable bonds is 11. The SMILES string of the molecule is O=C(C[C@@H]1CCCN1C(=O)Cc1cnc[nH]1)Nc1ccc(-c2cnc(-c3ccc(NC(=O)[C@@H]4CCCN4C(=O)Cc4cnc[nH]4)cc3)o2)cc1. The number of benzene rings is 2. The Kier molecular flexibility index (Phi) is 9.49. The standard InChI is InChI=1S/C36H37N9O5/c46-32(17-29-3-1-13-44(29)33(47)15-27-18-37-21-40-27)42-25-9-5-23(6-10-25)31-20-39-36(50-31)24-7-11-26(12-8-24)43-35(49)30-4-2-14-45(30)34(48)16-28-19-38-22-41-28/h5-12,18-22,29-30H,1-4,13-17H2,(H,37,40)(H,38,41)(H,42,46)(H,43,49)/t29-,30-/m0/s1. The van der Waals surface area contributed by atoms with E-state index < -0.39 is 6.04 Å². The van der Waals surface area contributed by atoms with Gasteiger partial charge in [0.15, 0.2) is 5.76 Å². The molecule has 2 fully saturated rings. The van der Waals surface area contributed by atoms with Gasteiger partial charge < -0.3 is 34.8 Å². The third-order valence-electron chi connectivity index (χ3n) is 9.15. The van der Waals surface area contributed by atoms with E-state index in [-0.39, 0.29) is 48.9 Å². The predicted molar refractivity (Wildman–Crippen MR) is 183 cm³/mol. The number of carbonyl (C=O) groups excluding carboxylic acids is 4. The van der Waals surface area contributed by atoms with E-state index >= 15 is 0 Å². The number of carbonyl (C=O) groups is 4. The molecular formula is C36H37N9O5. The van der Waals surface area contributed by atoms with Gasteiger partial charge >= 0.3 is 0 Å². The number of nitrogens with one attached hydrogen (secondary N) is 4. The van der Waals surface area contributed by atoms with Crippen molar-refractivity contribution in [3.63, 3.8) is 0 Å². The quantitative estimate of drug-likeness (QED) is 0.161. The van der Waals surface area contributed by atoms with Gasteiger partial charge in [-0.15, -0.1) is 0 Å². The van der Waals surface area contributed by atoms with Crippen LogP contribution < -0.4 is 10.6 Å². The minimum absolute atomic E-state index is 0.00842. The van der Waals surface area contributed by atoms with Crippen molar-refractivity contribution in [3.05, 3.63) is 91.2 Å². The lowest BCUT2D eigenvalue weighted by atomic mass is 10.1. The summed E-state index contributed by atoms with van der Waals surface area (Å²) >= 11 is 0. The van der Waals surface area contributed by atoms with Gasteiger partial charge in [0.25, 0.3) is 0 Å². The number of anilines is 2. The zero-order valence-electron chi connectivity index (χ0n) is 27.3. The van der Waals surface area contributed by atoms with Crippen LogP contribution in [0.25, 0.3) is 22.8 Å². The van der Waals surface area contributed by atoms with Gasteiger partial charge in [0.2, 0.25) is 29.5 Å². The van der Waals surface area contributed by atoms with Gasteiger partial charge in [-0.3, -0.25) is 19.2 Å². The number of aromatic amines is 2. The lowest BCUT2D eigenvalue weighted by Crippen LogP contribution is -2.43. The van der Waals surface area contributed by atoms with Crippen LogP contribution in [0, 0.1) is 0 Å². The number of H-pyrrole nitrogens is 2. The van der Waals surface area contributed by atoms with Crippen molar-refractivity contribution in [2.75, 3.05) is 23.7 Å². The van der Waals surface area contributed by atoms with Gasteiger partial charge in [0.05, 0.1) is 31.7 Å². The second-order valence-corrected chi connectivity index (χ2v) is 12.6. The molecule has 14 heteroatoms. The molecule has 14 nitrogen and oxygen atoms in total. The maximum Gasteiger partial charge on any atom is 0.247 e. The highest BCUT2D eigenvalue weighted by Crippen LogP contribution is 2.29. The molecule has 0 radical (unpaired) electrons. The summed E-state index contributed by atoms with van der Waals surface area (Å²) in [5.74, 6) is 0.502. The predicted octanol–water partition coefficient (Wildman–Crippen LogP) is 4.19. The summed E-state index contributed by atoms with van der Waals surface area (Å²) in [6.07, 6.45) is 11.7. The third-order valence-corrected chi connectivity index (χ3v) is 9.15. The smallest absolute Gasteiger partial charge is 0.247 e. The van der Waals surface area contributed by atoms with Gasteiger partial charge in [0.1, 0.15) is 6.04 Å². The molecule has 0 spiro atoms. The molecule has 0 bridgehead atoms. The van der Waals surface area contributed by atoms with Gasteiger partial charge in [-0.25, -0.2) is 15.0 Å². The molecule has 2 atom stereocenters. The van der Waals surface area contributed by atoms with Crippen molar-refractivity contribution in [2.24, 2.45) is 0 Å². The topological polar surface area (TPSA) is 182 Å². The van der Waals surface area contributed by atoms with E-state index in [9.17, 15) is 19.2 Å². The maximum atomic E-state index is 13.1. The molecule has 5 heterocycles. The van der Waals surface area contributed by atoms with E-state index in [1.165, 1.54) is 6.33 Å². The molecule has 2 aromatic carbocycles. The lowest BCUT2D eigenvalue weighted by molar-refractivity contribution is -0.136. The summed E-state index contributed by atoms with van der Waals surface area (Å²) < 4.78 is 6.04. The van der Waals surface area contributed by atoms with Crippen LogP contribution in [0.15, 0.2) is 84.2 Å². The molecule has 0 aliphatic carbocycles. The fourth-order valence-electron chi connectivity index (χ4n) is 6.61. The largest absolute Gasteiger partial charge is 0.436 e. The molecule has 7 rings (SSSR count). The molecule has 5 aromatic rings. The van der Waals surface area contributed by atoms with Crippen LogP contribution in [-0.4, -0.2) is 83.5 Å². The molecule has 2 saturated heterocycles. The Morgan fingerprint density at radius 1 is 0.740 bits per heavy atom. The number of imidazole rings is 2. The number of aromatic nitrogens is 5. The average molecular weight is 676 g/mol. The fourth-order valence-corrected chi connectivity index (χ4v) is 6.61. The molecule has 4 N–H and O–H groups in total. The van der Waals surface area contributed by atoms with Crippen LogP contribution >= 0.6 is 0 Å². The summed E-state index contributed by atoms with van der Waals surface area (Å²) in [6.45, 7) is 1.20. The summed E-state index contributed by atoms with van der Waals surface area (Å²) in [5.41, 5.74) is 4.25. The second kappa shape index (κ2) is 14.6. The van der Waals surface area contributed by atoms with Gasteiger partial charge in [-0.05, 0) is 74.2 Å². The third kappa shape index (κ3) is 7.48. The molecule has 0 unspecified atom stereocenters. The monoisotopic (exact) mass is 675 g/mol. The van der Waals surface area contributed by atoms with Crippen molar-refractivity contribution < 1.29 is 23.6 Å². The number of nitrogens with zero attached hydrogens (tertiary/aromatic N) is 5. The number of hydrogen-bond donors (Lipinski definition) is 4. The zero-order chi connectivity index (χ0) is 34.5. The van der Waals surface area contributed by atoms with Crippen LogP contribution in [0.4, 0.5) is 11.4 Å². The Hall–Kier alpha value is -6.05. The molecule has 4 amide bonds. The van der Waals surface area contributed by atoms with Crippen molar-refractivity contribution >= 4 is 35.0 Å². The molecule has 2 aliphatic heterocycles. The molecule has 256 valence electrons. The highest BCUT2D eigenvalue weighted by Gasteiger charge is 2.34. The van der Waals surface area contributed by atoms with Crippen molar-refractivity contribution in [1.29, 1.82) is 0 Å². The van der Waals surface area contributed by atoms with Gasteiger partial charge in [-0.1, -0.05) is 0 Å². The summed E-state index contributed by atoms with van der Waals surface area (Å²) in [6, 6.07) is 13.8. The number of oxazole rings is 1. The van der Waals surface area contributed by atoms with Crippen LogP contribution in [0.1, 0.15) is 43.5 Å². The van der Waals surface area contributed by atoms with E-state index in [4.69, 9.17) is 4.42 Å². The molecular weight excluding hydrogens is 638 g/mol. The van der Waals surface area contributed by atoms with Gasteiger partial charge in [0, 0.05) is 71.8 Å². The number of amides is 4. The first-order chi connectivity index (χ1) is 24.4. The van der Waals surface area contributed by atoms with Crippen molar-refractivity contribution in [2.45, 2.75) is 57.0 Å². The molecule has 0 saturated carbocycles. The maximum absolute atomic E-state index is 13.1. The summed E-state index contributed by atoms with van der Waals surface area (Å²) in [4.78, 5) is 73.3. The Bertz CT molecular complexity index is 1940. The molecule has 50 heavy (non-hydrogen) atoms. The first kappa shape index (κ1) is 32.5. The summed E-state index contributed by atoms with van der Waals surface area (Å²) in [5, 5.41) is 5.88. The number of hydrogen-bond acceptors (Lipinski definition) is 8. The van der Waals surface area contributed by atoms with E-state index in [0.29, 0.717) is 48.2 Å². The first-order valence-corrected chi connectivity index (χ1v) is 16.7. The fraction of sp³-hybridized carbons (Fsp3) is 0.306. The van der Waals surface area contributed by atoms with Crippen LogP contribution in [0.3, 0.4) is 0 Å². The van der Waals surface area contributed by atoms with Crippen molar-refractivity contribution in [1.82, 2.24) is 34.7 Å². The van der Waals surface area contributed by atoms with E-state index in [0.717, 1.165) is 36.1 Å². The normalized spacial score (nSPS) is 17.2. The van der Waals surface area contributed by atoms with Gasteiger partial charge in [-0.2, -0.15) is 0 Å². The van der Waals surface area contributed by atoms with E-state index in [1.807, 2.05) is 24.3 Å². The highest BCUT2D eigenvalue weighted by atomic mass is 16.4. The highest BCUT2D eigenvalue weighted by molar-refractivity contribution is 5.98. The Balaban J connectivity index is 0.909. The van der Waals surface area contributed by atoms with E-state index in [2.05, 4.69) is 35.6 Å². The average Bonchev–Trinajstić information content (AvgIpc) is 3.96. The second-order valence-electron chi connectivity index (χ2n) is 12.6. The Morgan fingerprint density at radius 3 is 2.00 bits per heavy atom. The van der Waals surface area contributed by atoms with Crippen LogP contribution in [-0.2, 0) is 32.0 Å². The van der Waals surface area contributed by atoms with Crippen LogP contribution in [0.2, 0.25) is 0 Å². The molecule has 2 aliphatic rings. The first-order valence-electron chi connectivity index (χ1n) is 16.7.